The second-order valence-corrected chi connectivity index (χ2v) is 7.79. The maximum Gasteiger partial charge on any atom is 0.220 e. The molecule has 2 aromatic heterocycles. The lowest BCUT2D eigenvalue weighted by molar-refractivity contribution is -0.119. The second-order valence-electron chi connectivity index (χ2n) is 7.79. The summed E-state index contributed by atoms with van der Waals surface area (Å²) >= 11 is 0. The number of fused-ring (bicyclic) bond motifs is 1. The summed E-state index contributed by atoms with van der Waals surface area (Å²) in [7, 11) is 3.74. The van der Waals surface area contributed by atoms with Crippen LogP contribution >= 0.6 is 0 Å². The van der Waals surface area contributed by atoms with E-state index in [1.165, 1.54) is 5.56 Å². The Morgan fingerprint density at radius 3 is 2.81 bits per heavy atom. The van der Waals surface area contributed by atoms with Crippen molar-refractivity contribution in [1.29, 1.82) is 0 Å². The molecule has 0 saturated carbocycles. The summed E-state index contributed by atoms with van der Waals surface area (Å²) in [6.07, 6.45) is 4.58. The molecule has 1 unspecified atom stereocenters. The summed E-state index contributed by atoms with van der Waals surface area (Å²) in [5, 5.41) is 4.03. The summed E-state index contributed by atoms with van der Waals surface area (Å²) in [4.78, 5) is 16.3. The van der Waals surface area contributed by atoms with Gasteiger partial charge in [0.2, 0.25) is 5.91 Å². The lowest BCUT2D eigenvalue weighted by Gasteiger charge is -2.23. The average Bonchev–Trinajstić information content (AvgIpc) is 3.25. The first-order valence-electron chi connectivity index (χ1n) is 9.27. The van der Waals surface area contributed by atoms with Crippen molar-refractivity contribution in [3.63, 3.8) is 0 Å². The fraction of sp³-hybridized carbons (Fsp3) is 0.364. The highest BCUT2D eigenvalue weighted by Crippen LogP contribution is 2.34. The van der Waals surface area contributed by atoms with Gasteiger partial charge < -0.3 is 14.6 Å². The molecule has 27 heavy (non-hydrogen) atoms. The van der Waals surface area contributed by atoms with E-state index in [4.69, 9.17) is 4.74 Å². The highest BCUT2D eigenvalue weighted by Gasteiger charge is 2.24. The molecule has 3 heterocycles. The third-order valence-corrected chi connectivity index (χ3v) is 5.67. The van der Waals surface area contributed by atoms with E-state index in [1.54, 1.807) is 7.11 Å². The molecule has 5 nitrogen and oxygen atoms in total. The maximum atomic E-state index is 11.6. The van der Waals surface area contributed by atoms with Crippen LogP contribution < -0.4 is 5.32 Å². The molecule has 1 fully saturated rings. The van der Waals surface area contributed by atoms with E-state index in [-0.39, 0.29) is 11.8 Å². The monoisotopic (exact) mass is 363 g/mol. The number of hydrogen-bond acceptors (Lipinski definition) is 3. The number of ether oxygens (including phenoxy) is 1. The molecule has 0 aliphatic carbocycles. The zero-order valence-electron chi connectivity index (χ0n) is 16.2. The van der Waals surface area contributed by atoms with Crippen LogP contribution in [0.15, 0.2) is 42.7 Å². The van der Waals surface area contributed by atoms with Crippen molar-refractivity contribution in [2.24, 2.45) is 7.05 Å². The smallest absolute Gasteiger partial charge is 0.220 e. The first kappa shape index (κ1) is 17.7. The molecule has 1 saturated heterocycles. The first-order valence-corrected chi connectivity index (χ1v) is 9.27. The summed E-state index contributed by atoms with van der Waals surface area (Å²) in [5.41, 5.74) is 5.09. The van der Waals surface area contributed by atoms with Crippen molar-refractivity contribution in [2.75, 3.05) is 13.7 Å². The number of rotatable bonds is 4. The molecule has 1 aromatic carbocycles. The van der Waals surface area contributed by atoms with Crippen molar-refractivity contribution in [3.05, 3.63) is 53.9 Å². The zero-order chi connectivity index (χ0) is 19.2. The predicted octanol–water partition coefficient (Wildman–Crippen LogP) is 3.73. The summed E-state index contributed by atoms with van der Waals surface area (Å²) < 4.78 is 7.69. The Hall–Kier alpha value is -2.66. The molecular weight excluding hydrogens is 338 g/mol. The minimum atomic E-state index is -0.397. The third kappa shape index (κ3) is 3.12. The van der Waals surface area contributed by atoms with Crippen LogP contribution in [0.1, 0.15) is 37.3 Å². The number of hydrogen-bond donors (Lipinski definition) is 1. The van der Waals surface area contributed by atoms with Gasteiger partial charge in [0.1, 0.15) is 5.65 Å². The van der Waals surface area contributed by atoms with E-state index >= 15 is 0 Å². The summed E-state index contributed by atoms with van der Waals surface area (Å²) in [6, 6.07) is 10.7. The minimum Gasteiger partial charge on any atom is -0.374 e. The maximum absolute atomic E-state index is 11.6. The van der Waals surface area contributed by atoms with Gasteiger partial charge in [-0.3, -0.25) is 4.79 Å². The fourth-order valence-electron chi connectivity index (χ4n) is 3.74. The van der Waals surface area contributed by atoms with Gasteiger partial charge in [0.15, 0.2) is 0 Å². The van der Waals surface area contributed by atoms with Crippen molar-refractivity contribution in [1.82, 2.24) is 14.9 Å². The van der Waals surface area contributed by atoms with Gasteiger partial charge in [-0.05, 0) is 31.0 Å². The average molecular weight is 363 g/mol. The van der Waals surface area contributed by atoms with Crippen LogP contribution in [0.25, 0.3) is 22.2 Å². The fourth-order valence-corrected chi connectivity index (χ4v) is 3.74. The van der Waals surface area contributed by atoms with Crippen molar-refractivity contribution in [3.8, 4) is 11.1 Å². The lowest BCUT2D eigenvalue weighted by Crippen LogP contribution is -2.19. The van der Waals surface area contributed by atoms with E-state index in [0.29, 0.717) is 13.0 Å². The Balaban J connectivity index is 1.82. The van der Waals surface area contributed by atoms with Crippen LogP contribution in [0, 0.1) is 0 Å². The van der Waals surface area contributed by atoms with E-state index in [9.17, 15) is 4.79 Å². The molecule has 1 atom stereocenters. The number of carbonyl (C=O) groups excluding carboxylic acids is 1. The number of carbonyl (C=O) groups is 1. The number of aryl methyl sites for hydroxylation is 1. The van der Waals surface area contributed by atoms with Gasteiger partial charge in [-0.2, -0.15) is 0 Å². The molecule has 1 N–H and O–H groups in total. The molecule has 3 aromatic rings. The van der Waals surface area contributed by atoms with Crippen molar-refractivity contribution >= 4 is 16.9 Å². The molecule has 1 aliphatic heterocycles. The normalized spacial score (nSPS) is 17.5. The standard InChI is InChI=1S/C22H25N3O2/c1-22(2,27-4)17-10-18-19(13-25(3)21(18)24-12-17)15-7-5-6-14(8-15)16-9-20(26)23-11-16/h5-8,10,12-13,16H,9,11H2,1-4H3,(H,23,26). The van der Waals surface area contributed by atoms with Gasteiger partial charge in [0, 0.05) is 61.9 Å². The zero-order valence-corrected chi connectivity index (χ0v) is 16.2. The number of aromatic nitrogens is 2. The number of pyridine rings is 1. The van der Waals surface area contributed by atoms with Gasteiger partial charge in [-0.1, -0.05) is 24.3 Å². The Morgan fingerprint density at radius 1 is 1.30 bits per heavy atom. The van der Waals surface area contributed by atoms with Crippen LogP contribution in [0.4, 0.5) is 0 Å². The van der Waals surface area contributed by atoms with Gasteiger partial charge >= 0.3 is 0 Å². The lowest BCUT2D eigenvalue weighted by atomic mass is 9.93. The predicted molar refractivity (Wildman–Crippen MR) is 107 cm³/mol. The Labute approximate surface area is 159 Å². The first-order chi connectivity index (χ1) is 12.9. The van der Waals surface area contributed by atoms with E-state index in [1.807, 2.05) is 27.1 Å². The molecule has 1 amide bonds. The molecule has 5 heteroatoms. The molecular formula is C22H25N3O2. The van der Waals surface area contributed by atoms with Crippen LogP contribution in [0.2, 0.25) is 0 Å². The Kier molecular flexibility index (Phi) is 4.27. The molecule has 140 valence electrons. The highest BCUT2D eigenvalue weighted by molar-refractivity contribution is 5.94. The van der Waals surface area contributed by atoms with E-state index in [2.05, 4.69) is 51.4 Å². The van der Waals surface area contributed by atoms with Crippen LogP contribution in [0.3, 0.4) is 0 Å². The van der Waals surface area contributed by atoms with Crippen LogP contribution in [-0.4, -0.2) is 29.1 Å². The summed E-state index contributed by atoms with van der Waals surface area (Å²) in [5.74, 6) is 0.375. The topological polar surface area (TPSA) is 56.1 Å². The van der Waals surface area contributed by atoms with Crippen LogP contribution in [-0.2, 0) is 22.2 Å². The van der Waals surface area contributed by atoms with Crippen molar-refractivity contribution in [2.45, 2.75) is 31.8 Å². The number of nitrogens with one attached hydrogen (secondary N) is 1. The third-order valence-electron chi connectivity index (χ3n) is 5.67. The number of nitrogens with zero attached hydrogens (tertiary/aromatic N) is 2. The molecule has 0 bridgehead atoms. The second kappa shape index (κ2) is 6.50. The van der Waals surface area contributed by atoms with Gasteiger partial charge in [0.25, 0.3) is 0 Å². The van der Waals surface area contributed by atoms with Crippen molar-refractivity contribution < 1.29 is 9.53 Å². The number of amides is 1. The number of benzene rings is 1. The Bertz CT molecular complexity index is 1020. The van der Waals surface area contributed by atoms with Gasteiger partial charge in [0.05, 0.1) is 5.60 Å². The largest absolute Gasteiger partial charge is 0.374 e. The molecule has 4 rings (SSSR count). The van der Waals surface area contributed by atoms with E-state index < -0.39 is 5.60 Å². The van der Waals surface area contributed by atoms with Gasteiger partial charge in [-0.25, -0.2) is 4.98 Å². The molecule has 0 spiro atoms. The SMILES string of the molecule is COC(C)(C)c1cnc2c(c1)c(-c1cccc(C3CNC(=O)C3)c1)cn2C. The quantitative estimate of drug-likeness (QED) is 0.768. The van der Waals surface area contributed by atoms with Crippen LogP contribution in [0.5, 0.6) is 0 Å². The Morgan fingerprint density at radius 2 is 2.11 bits per heavy atom. The molecule has 1 aliphatic rings. The van der Waals surface area contributed by atoms with E-state index in [0.717, 1.165) is 27.7 Å². The van der Waals surface area contributed by atoms with Gasteiger partial charge in [-0.15, -0.1) is 0 Å². The minimum absolute atomic E-state index is 0.131. The molecule has 0 radical (unpaired) electrons. The summed E-state index contributed by atoms with van der Waals surface area (Å²) in [6.45, 7) is 4.80. The number of methoxy groups -OCH3 is 1. The highest BCUT2D eigenvalue weighted by atomic mass is 16.5.